The van der Waals surface area contributed by atoms with Crippen molar-refractivity contribution in [2.24, 2.45) is 0 Å². The van der Waals surface area contributed by atoms with Crippen molar-refractivity contribution in [2.75, 3.05) is 0 Å². The Morgan fingerprint density at radius 3 is 2.20 bits per heavy atom. The van der Waals surface area contributed by atoms with Gasteiger partial charge in [0.05, 0.1) is 10.0 Å². The summed E-state index contributed by atoms with van der Waals surface area (Å²) in [5.74, 6) is -0.232. The molecular weight excluding hydrogens is 182 g/mol. The number of hydrogen-bond acceptors (Lipinski definition) is 1. The Morgan fingerprint density at radius 2 is 1.80 bits per heavy atom. The Labute approximate surface area is 91.2 Å². The molecule has 0 fully saturated rings. The molecule has 1 aromatic rings. The molecule has 4 heteroatoms. The first-order valence-corrected chi connectivity index (χ1v) is 3.08. The third-order valence-corrected chi connectivity index (χ3v) is 1.72. The first-order valence-electron chi connectivity index (χ1n) is 2.33. The van der Waals surface area contributed by atoms with Gasteiger partial charge in [0.25, 0.3) is 0 Å². The van der Waals surface area contributed by atoms with E-state index in [-0.39, 0.29) is 40.3 Å². The summed E-state index contributed by atoms with van der Waals surface area (Å²) in [7, 11) is 0. The maximum Gasteiger partial charge on any atom is 1.00 e. The van der Waals surface area contributed by atoms with Crippen LogP contribution in [-0.2, 0) is 0 Å². The fourth-order valence-corrected chi connectivity index (χ4v) is 0.776. The van der Waals surface area contributed by atoms with E-state index in [0.717, 1.165) is 0 Å². The fraction of sp³-hybridized carbons (Fsp3) is 0. The van der Waals surface area contributed by atoms with Crippen molar-refractivity contribution in [2.45, 2.75) is 0 Å². The second kappa shape index (κ2) is 4.47. The van der Waals surface area contributed by atoms with Gasteiger partial charge in [0.15, 0.2) is 0 Å². The first-order chi connectivity index (χ1) is 4.22. The minimum Gasteiger partial charge on any atom is -0.871 e. The predicted octanol–water partition coefficient (Wildman–Crippen LogP) is -0.929. The van der Waals surface area contributed by atoms with Gasteiger partial charge in [-0.3, -0.25) is 0 Å². The molecule has 0 aliphatic rings. The first kappa shape index (κ1) is 10.6. The topological polar surface area (TPSA) is 23.1 Å². The zero-order valence-electron chi connectivity index (χ0n) is 5.40. The summed E-state index contributed by atoms with van der Waals surface area (Å²) in [5.41, 5.74) is 0. The second-order valence-corrected chi connectivity index (χ2v) is 2.34. The summed E-state index contributed by atoms with van der Waals surface area (Å²) in [4.78, 5) is 0. The van der Waals surface area contributed by atoms with Crippen molar-refractivity contribution in [3.05, 3.63) is 28.2 Å². The molecule has 0 amide bonds. The van der Waals surface area contributed by atoms with Crippen molar-refractivity contribution < 1.29 is 34.7 Å². The Balaban J connectivity index is 0.000000810. The van der Waals surface area contributed by atoms with Gasteiger partial charge >= 0.3 is 29.6 Å². The van der Waals surface area contributed by atoms with E-state index in [4.69, 9.17) is 23.2 Å². The average molecular weight is 185 g/mol. The second-order valence-electron chi connectivity index (χ2n) is 1.55. The number of halogens is 2. The molecule has 0 saturated carbocycles. The summed E-state index contributed by atoms with van der Waals surface area (Å²) in [6.07, 6.45) is 0. The van der Waals surface area contributed by atoms with E-state index < -0.39 is 0 Å². The predicted molar refractivity (Wildman–Crippen MR) is 35.9 cm³/mol. The summed E-state index contributed by atoms with van der Waals surface area (Å²) in [5, 5.41) is 11.0. The van der Waals surface area contributed by atoms with Gasteiger partial charge in [0, 0.05) is 0 Å². The maximum absolute atomic E-state index is 10.6. The van der Waals surface area contributed by atoms with Crippen LogP contribution in [0.4, 0.5) is 0 Å². The van der Waals surface area contributed by atoms with Crippen molar-refractivity contribution in [3.8, 4) is 5.75 Å². The molecular formula is C6H3Cl2NaO. The van der Waals surface area contributed by atoms with Gasteiger partial charge in [-0.25, -0.2) is 0 Å². The van der Waals surface area contributed by atoms with Crippen molar-refractivity contribution in [1.82, 2.24) is 0 Å². The van der Waals surface area contributed by atoms with Gasteiger partial charge in [-0.05, 0) is 6.07 Å². The van der Waals surface area contributed by atoms with E-state index in [2.05, 4.69) is 0 Å². The maximum atomic E-state index is 10.6. The van der Waals surface area contributed by atoms with E-state index in [9.17, 15) is 5.11 Å². The van der Waals surface area contributed by atoms with Crippen molar-refractivity contribution in [3.63, 3.8) is 0 Å². The summed E-state index contributed by atoms with van der Waals surface area (Å²) in [6.45, 7) is 0. The quantitative estimate of drug-likeness (QED) is 0.479. The van der Waals surface area contributed by atoms with Gasteiger partial charge < -0.3 is 5.11 Å². The number of benzene rings is 1. The summed E-state index contributed by atoms with van der Waals surface area (Å²) >= 11 is 10.9. The molecule has 0 saturated heterocycles. The molecule has 1 rings (SSSR count). The molecule has 48 valence electrons. The molecule has 0 heterocycles. The molecule has 0 aromatic heterocycles. The van der Waals surface area contributed by atoms with Gasteiger partial charge in [-0.1, -0.05) is 41.1 Å². The summed E-state index contributed by atoms with van der Waals surface area (Å²) < 4.78 is 0. The van der Waals surface area contributed by atoms with Crippen molar-refractivity contribution in [1.29, 1.82) is 0 Å². The monoisotopic (exact) mass is 184 g/mol. The van der Waals surface area contributed by atoms with E-state index in [0.29, 0.717) is 5.02 Å². The molecule has 0 bridgehead atoms. The van der Waals surface area contributed by atoms with Crippen LogP contribution in [0.3, 0.4) is 0 Å². The molecule has 1 aromatic carbocycles. The van der Waals surface area contributed by atoms with Crippen LogP contribution in [-0.4, -0.2) is 0 Å². The van der Waals surface area contributed by atoms with Crippen LogP contribution in [0.1, 0.15) is 0 Å². The SMILES string of the molecule is [Na+].[O-]c1cccc(Cl)c1Cl. The zero-order chi connectivity index (χ0) is 6.85. The van der Waals surface area contributed by atoms with Gasteiger partial charge in [0.1, 0.15) is 0 Å². The third kappa shape index (κ3) is 2.33. The van der Waals surface area contributed by atoms with E-state index >= 15 is 0 Å². The smallest absolute Gasteiger partial charge is 0.871 e. The van der Waals surface area contributed by atoms with Crippen molar-refractivity contribution >= 4 is 23.2 Å². The molecule has 0 unspecified atom stereocenters. The van der Waals surface area contributed by atoms with E-state index in [1.807, 2.05) is 0 Å². The van der Waals surface area contributed by atoms with Gasteiger partial charge in [0.2, 0.25) is 0 Å². The van der Waals surface area contributed by atoms with Gasteiger partial charge in [-0.15, -0.1) is 0 Å². The normalized spacial score (nSPS) is 8.60. The Kier molecular flexibility index (Phi) is 4.74. The van der Waals surface area contributed by atoms with E-state index in [1.165, 1.54) is 6.07 Å². The zero-order valence-corrected chi connectivity index (χ0v) is 8.91. The molecule has 0 spiro atoms. The molecule has 0 aliphatic carbocycles. The number of hydrogen-bond donors (Lipinski definition) is 0. The Hall–Kier alpha value is 0.600. The van der Waals surface area contributed by atoms with Crippen LogP contribution in [0, 0.1) is 0 Å². The minimum atomic E-state index is -0.232. The Morgan fingerprint density at radius 1 is 1.20 bits per heavy atom. The van der Waals surface area contributed by atoms with Crippen LogP contribution >= 0.6 is 23.2 Å². The largest absolute Gasteiger partial charge is 1.00 e. The van der Waals surface area contributed by atoms with Gasteiger partial charge in [-0.2, -0.15) is 0 Å². The third-order valence-electron chi connectivity index (χ3n) is 0.916. The number of rotatable bonds is 0. The van der Waals surface area contributed by atoms with E-state index in [1.54, 1.807) is 12.1 Å². The molecule has 0 aliphatic heterocycles. The van der Waals surface area contributed by atoms with Crippen LogP contribution in [0.15, 0.2) is 18.2 Å². The molecule has 10 heavy (non-hydrogen) atoms. The van der Waals surface area contributed by atoms with Crippen LogP contribution in [0.25, 0.3) is 0 Å². The molecule has 0 N–H and O–H groups in total. The average Bonchev–Trinajstić information content (AvgIpc) is 1.83. The van der Waals surface area contributed by atoms with Crippen LogP contribution < -0.4 is 34.7 Å². The Bertz CT molecular complexity index is 207. The minimum absolute atomic E-state index is 0. The van der Waals surface area contributed by atoms with Crippen LogP contribution in [0.2, 0.25) is 10.0 Å². The molecule has 1 nitrogen and oxygen atoms in total. The van der Waals surface area contributed by atoms with Crippen LogP contribution in [0.5, 0.6) is 5.75 Å². The fourth-order valence-electron chi connectivity index (χ4n) is 0.484. The standard InChI is InChI=1S/C6H4Cl2O.Na/c7-4-2-1-3-5(9)6(4)8;/h1-3,9H;/q;+1/p-1. The summed E-state index contributed by atoms with van der Waals surface area (Å²) in [6, 6.07) is 4.51. The molecule has 0 radical (unpaired) electrons. The molecule has 0 atom stereocenters.